The van der Waals surface area contributed by atoms with Crippen LogP contribution in [-0.2, 0) is 4.84 Å². The topological polar surface area (TPSA) is 80.3 Å². The van der Waals surface area contributed by atoms with Crippen LogP contribution in [0.25, 0.3) is 0 Å². The Bertz CT molecular complexity index is 1240. The van der Waals surface area contributed by atoms with Crippen molar-refractivity contribution in [3.05, 3.63) is 99.6 Å². The molecule has 0 bridgehead atoms. The van der Waals surface area contributed by atoms with E-state index in [1.807, 2.05) is 73.3 Å². The molecule has 3 aromatic rings. The molecule has 0 N–H and O–H groups in total. The molecule has 2 aliphatic rings. The van der Waals surface area contributed by atoms with E-state index in [9.17, 15) is 10.1 Å². The normalized spacial score (nSPS) is 20.8. The molecular formula is C24H20N4O3S. The van der Waals surface area contributed by atoms with Crippen LogP contribution in [-0.4, -0.2) is 21.2 Å². The number of oxime groups is 1. The Morgan fingerprint density at radius 3 is 2.41 bits per heavy atom. The Kier molecular flexibility index (Phi) is 5.14. The Hall–Kier alpha value is -3.65. The number of hydrogen-bond acceptors (Lipinski definition) is 6. The van der Waals surface area contributed by atoms with Crippen LogP contribution in [0.5, 0.6) is 0 Å². The zero-order chi connectivity index (χ0) is 22.2. The van der Waals surface area contributed by atoms with Crippen LogP contribution in [0.15, 0.2) is 82.9 Å². The van der Waals surface area contributed by atoms with Crippen LogP contribution in [0.3, 0.4) is 0 Å². The van der Waals surface area contributed by atoms with E-state index in [4.69, 9.17) is 9.83 Å². The molecule has 5 rings (SSSR count). The van der Waals surface area contributed by atoms with Crippen LogP contribution in [0.4, 0.5) is 17.1 Å². The summed E-state index contributed by atoms with van der Waals surface area (Å²) in [5.41, 5.74) is 4.88. The van der Waals surface area contributed by atoms with Gasteiger partial charge in [0, 0.05) is 23.4 Å². The highest BCUT2D eigenvalue weighted by molar-refractivity contribution is 8.16. The fourth-order valence-electron chi connectivity index (χ4n) is 3.69. The van der Waals surface area contributed by atoms with Gasteiger partial charge in [-0.15, -0.1) is 0 Å². The molecule has 2 heterocycles. The largest absolute Gasteiger partial charge is 0.384 e. The van der Waals surface area contributed by atoms with E-state index in [0.29, 0.717) is 0 Å². The molecule has 8 heteroatoms. The Labute approximate surface area is 189 Å². The first-order chi connectivity index (χ1) is 15.5. The lowest BCUT2D eigenvalue weighted by molar-refractivity contribution is -0.385. The minimum atomic E-state index is -0.437. The molecule has 160 valence electrons. The van der Waals surface area contributed by atoms with Crippen molar-refractivity contribution >= 4 is 39.8 Å². The maximum absolute atomic E-state index is 11.2. The lowest BCUT2D eigenvalue weighted by Gasteiger charge is -2.18. The molecule has 0 aliphatic carbocycles. The van der Waals surface area contributed by atoms with Crippen molar-refractivity contribution in [2.24, 2.45) is 10.1 Å². The molecule has 0 saturated carbocycles. The number of aryl methyl sites for hydroxylation is 2. The third kappa shape index (κ3) is 3.73. The van der Waals surface area contributed by atoms with Crippen LogP contribution in [0.2, 0.25) is 0 Å². The molecule has 2 aliphatic heterocycles. The Balaban J connectivity index is 1.54. The van der Waals surface area contributed by atoms with Gasteiger partial charge in [0.2, 0.25) is 0 Å². The molecular weight excluding hydrogens is 424 g/mol. The van der Waals surface area contributed by atoms with Gasteiger partial charge < -0.3 is 4.84 Å². The summed E-state index contributed by atoms with van der Waals surface area (Å²) in [6.07, 6.45) is -0.437. The third-order valence-corrected chi connectivity index (χ3v) is 6.60. The summed E-state index contributed by atoms with van der Waals surface area (Å²) in [4.78, 5) is 23.5. The number of non-ortho nitro benzene ring substituents is 1. The summed E-state index contributed by atoms with van der Waals surface area (Å²) < 4.78 is 0. The Morgan fingerprint density at radius 1 is 1.03 bits per heavy atom. The van der Waals surface area contributed by atoms with Gasteiger partial charge in [-0.1, -0.05) is 64.4 Å². The second-order valence-corrected chi connectivity index (χ2v) is 8.88. The van der Waals surface area contributed by atoms with E-state index in [0.717, 1.165) is 33.5 Å². The number of aliphatic imine (C=N–C) groups is 1. The molecule has 0 aromatic heterocycles. The number of hydrogen-bond donors (Lipinski definition) is 0. The van der Waals surface area contributed by atoms with Gasteiger partial charge in [-0.3, -0.25) is 15.0 Å². The number of nitrogens with zero attached hydrogens (tertiary/aromatic N) is 4. The van der Waals surface area contributed by atoms with E-state index >= 15 is 0 Å². The van der Waals surface area contributed by atoms with E-state index < -0.39 is 11.0 Å². The third-order valence-electron chi connectivity index (χ3n) is 5.40. The fraction of sp³-hybridized carbons (Fsp3) is 0.167. The molecule has 1 fully saturated rings. The van der Waals surface area contributed by atoms with Gasteiger partial charge in [-0.05, 0) is 38.1 Å². The van der Waals surface area contributed by atoms with Crippen molar-refractivity contribution < 1.29 is 9.76 Å². The number of nitro groups is 1. The zero-order valence-electron chi connectivity index (χ0n) is 17.5. The van der Waals surface area contributed by atoms with Crippen molar-refractivity contribution in [1.82, 2.24) is 0 Å². The first-order valence-electron chi connectivity index (χ1n) is 10.2. The zero-order valence-corrected chi connectivity index (χ0v) is 18.3. The van der Waals surface area contributed by atoms with Crippen LogP contribution in [0, 0.1) is 24.0 Å². The van der Waals surface area contributed by atoms with Gasteiger partial charge in [0.05, 0.1) is 10.6 Å². The highest BCUT2D eigenvalue weighted by Gasteiger charge is 2.48. The summed E-state index contributed by atoms with van der Waals surface area (Å²) in [6, 6.07) is 22.7. The summed E-state index contributed by atoms with van der Waals surface area (Å²) in [6.45, 7) is 4.08. The van der Waals surface area contributed by atoms with Gasteiger partial charge in [0.15, 0.2) is 17.1 Å². The number of rotatable bonds is 4. The SMILES string of the molecule is Cc1ccc(N=C2SC3C(=NOC3c3cccc([N+](=O)[O-])c3)N2c2ccc(C)cc2)cc1. The van der Waals surface area contributed by atoms with E-state index in [1.165, 1.54) is 11.6 Å². The first-order valence-corrected chi connectivity index (χ1v) is 11.0. The molecule has 0 radical (unpaired) electrons. The molecule has 32 heavy (non-hydrogen) atoms. The van der Waals surface area contributed by atoms with Crippen molar-refractivity contribution in [2.45, 2.75) is 25.2 Å². The quantitative estimate of drug-likeness (QED) is 0.369. The van der Waals surface area contributed by atoms with Gasteiger partial charge in [-0.2, -0.15) is 0 Å². The minimum Gasteiger partial charge on any atom is -0.384 e. The van der Waals surface area contributed by atoms with Crippen LogP contribution < -0.4 is 4.90 Å². The monoisotopic (exact) mass is 444 g/mol. The number of anilines is 1. The van der Waals surface area contributed by atoms with Crippen molar-refractivity contribution in [1.29, 1.82) is 0 Å². The highest BCUT2D eigenvalue weighted by Crippen LogP contribution is 2.45. The van der Waals surface area contributed by atoms with Gasteiger partial charge in [0.1, 0.15) is 5.25 Å². The maximum atomic E-state index is 11.2. The molecule has 0 amide bonds. The standard InChI is InChI=1S/C24H20N4O3S/c1-15-6-10-18(11-7-15)25-24-27(19-12-8-16(2)9-13-19)23-22(32-24)21(31-26-23)17-4-3-5-20(14-17)28(29)30/h3-14,21-22H,1-2H3. The number of thioether (sulfide) groups is 1. The van der Waals surface area contributed by atoms with Gasteiger partial charge >= 0.3 is 0 Å². The summed E-state index contributed by atoms with van der Waals surface area (Å²) in [5.74, 6) is 0.737. The number of benzene rings is 3. The van der Waals surface area contributed by atoms with Crippen LogP contribution in [0.1, 0.15) is 22.8 Å². The predicted octanol–water partition coefficient (Wildman–Crippen LogP) is 5.91. The molecule has 1 saturated heterocycles. The highest BCUT2D eigenvalue weighted by atomic mass is 32.2. The summed E-state index contributed by atoms with van der Waals surface area (Å²) in [7, 11) is 0. The molecule has 3 aromatic carbocycles. The average Bonchev–Trinajstić information content (AvgIpc) is 3.35. The van der Waals surface area contributed by atoms with Crippen molar-refractivity contribution in [3.8, 4) is 0 Å². The van der Waals surface area contributed by atoms with Crippen molar-refractivity contribution in [2.75, 3.05) is 4.90 Å². The summed E-state index contributed by atoms with van der Waals surface area (Å²) in [5, 5.41) is 16.3. The second-order valence-electron chi connectivity index (χ2n) is 7.77. The lowest BCUT2D eigenvalue weighted by Crippen LogP contribution is -2.31. The number of nitro benzene ring substituents is 1. The first kappa shape index (κ1) is 20.3. The predicted molar refractivity (Wildman–Crippen MR) is 128 cm³/mol. The number of amidine groups is 2. The molecule has 2 unspecified atom stereocenters. The van der Waals surface area contributed by atoms with Crippen LogP contribution >= 0.6 is 11.8 Å². The van der Waals surface area contributed by atoms with Gasteiger partial charge in [-0.25, -0.2) is 4.99 Å². The van der Waals surface area contributed by atoms with E-state index in [1.54, 1.807) is 23.9 Å². The second kappa shape index (κ2) is 8.12. The molecule has 7 nitrogen and oxygen atoms in total. The van der Waals surface area contributed by atoms with Gasteiger partial charge in [0.25, 0.3) is 5.69 Å². The molecule has 0 spiro atoms. The van der Waals surface area contributed by atoms with E-state index in [-0.39, 0.29) is 10.9 Å². The number of fused-ring (bicyclic) bond motifs is 1. The minimum absolute atomic E-state index is 0.0338. The fourth-order valence-corrected chi connectivity index (χ4v) is 4.97. The lowest BCUT2D eigenvalue weighted by atomic mass is 10.0. The average molecular weight is 445 g/mol. The molecule has 2 atom stereocenters. The smallest absolute Gasteiger partial charge is 0.269 e. The Morgan fingerprint density at radius 2 is 1.72 bits per heavy atom. The summed E-state index contributed by atoms with van der Waals surface area (Å²) >= 11 is 1.55. The maximum Gasteiger partial charge on any atom is 0.269 e. The van der Waals surface area contributed by atoms with Crippen molar-refractivity contribution in [3.63, 3.8) is 0 Å². The van der Waals surface area contributed by atoms with E-state index in [2.05, 4.69) is 5.16 Å².